The molecule has 50 valence electrons. The summed E-state index contributed by atoms with van der Waals surface area (Å²) in [5.74, 6) is -0.262. The Kier molecular flexibility index (Phi) is 4.22. The second-order valence-electron chi connectivity index (χ2n) is 1.43. The van der Waals surface area contributed by atoms with Crippen molar-refractivity contribution in [3.63, 3.8) is 0 Å². The van der Waals surface area contributed by atoms with E-state index in [1.807, 2.05) is 0 Å². The van der Waals surface area contributed by atoms with Gasteiger partial charge in [-0.2, -0.15) is 0 Å². The van der Waals surface area contributed by atoms with Crippen molar-refractivity contribution < 1.29 is 4.39 Å². The maximum absolute atomic E-state index is 12.0. The van der Waals surface area contributed by atoms with Crippen LogP contribution in [-0.4, -0.2) is 6.72 Å². The zero-order valence-corrected chi connectivity index (χ0v) is 6.65. The molecule has 0 aliphatic heterocycles. The fourth-order valence-corrected chi connectivity index (χ4v) is 0.775. The molecule has 0 saturated heterocycles. The zero-order valence-electron chi connectivity index (χ0n) is 5.06. The van der Waals surface area contributed by atoms with Gasteiger partial charge in [0.2, 0.25) is 0 Å². The summed E-state index contributed by atoms with van der Waals surface area (Å²) < 4.78 is 12.6. The van der Waals surface area contributed by atoms with E-state index >= 15 is 0 Å². The average Bonchev–Trinajstić information content (AvgIpc) is 1.63. The number of nitrogens with zero attached hydrogens (tertiary/aromatic N) is 1. The van der Waals surface area contributed by atoms with E-state index in [0.29, 0.717) is 4.48 Å². The lowest BCUT2D eigenvalue weighted by Gasteiger charge is -1.83. The minimum atomic E-state index is -0.262. The summed E-state index contributed by atoms with van der Waals surface area (Å²) in [6.07, 6.45) is 2.73. The van der Waals surface area contributed by atoms with Gasteiger partial charge in [0.1, 0.15) is 0 Å². The minimum absolute atomic E-state index is 0.262. The summed E-state index contributed by atoms with van der Waals surface area (Å²) in [6, 6.07) is 0. The second-order valence-corrected chi connectivity index (χ2v) is 2.34. The van der Waals surface area contributed by atoms with Crippen molar-refractivity contribution in [3.05, 3.63) is 22.6 Å². The lowest BCUT2D eigenvalue weighted by atomic mass is 10.5. The molecule has 0 spiro atoms. The number of hydrogen-bond acceptors (Lipinski definition) is 1. The number of rotatable bonds is 2. The normalized spacial score (nSPS) is 13.7. The molecule has 0 saturated carbocycles. The molecule has 0 aliphatic rings. The molecular weight excluding hydrogens is 185 g/mol. The number of allylic oxidation sites excluding steroid dienone is 3. The first-order valence-electron chi connectivity index (χ1n) is 2.32. The molecular formula is C6H7BrFN. The van der Waals surface area contributed by atoms with Crippen molar-refractivity contribution in [3.8, 4) is 0 Å². The number of hydrogen-bond donors (Lipinski definition) is 0. The van der Waals surface area contributed by atoms with Gasteiger partial charge in [0.15, 0.2) is 0 Å². The third-order valence-corrected chi connectivity index (χ3v) is 0.985. The van der Waals surface area contributed by atoms with E-state index < -0.39 is 0 Å². The van der Waals surface area contributed by atoms with Crippen molar-refractivity contribution in [1.82, 2.24) is 0 Å². The summed E-state index contributed by atoms with van der Waals surface area (Å²) in [4.78, 5) is 3.42. The Morgan fingerprint density at radius 2 is 2.33 bits per heavy atom. The van der Waals surface area contributed by atoms with Crippen LogP contribution in [0.1, 0.15) is 6.92 Å². The van der Waals surface area contributed by atoms with Crippen LogP contribution < -0.4 is 0 Å². The SMILES string of the molecule is C=NC=C(Br)C=C(C)F. The van der Waals surface area contributed by atoms with Gasteiger partial charge < -0.3 is 0 Å². The van der Waals surface area contributed by atoms with E-state index in [2.05, 4.69) is 27.6 Å². The van der Waals surface area contributed by atoms with Gasteiger partial charge in [0, 0.05) is 10.7 Å². The lowest BCUT2D eigenvalue weighted by molar-refractivity contribution is 0.640. The fourth-order valence-electron chi connectivity index (χ4n) is 0.314. The molecule has 9 heavy (non-hydrogen) atoms. The van der Waals surface area contributed by atoms with E-state index in [0.717, 1.165) is 0 Å². The highest BCUT2D eigenvalue weighted by Gasteiger charge is 1.84. The Morgan fingerprint density at radius 1 is 1.78 bits per heavy atom. The monoisotopic (exact) mass is 191 g/mol. The van der Waals surface area contributed by atoms with E-state index in [-0.39, 0.29) is 5.83 Å². The predicted octanol–water partition coefficient (Wildman–Crippen LogP) is 2.80. The molecule has 0 amide bonds. The number of aliphatic imine (C=N–C) groups is 1. The van der Waals surface area contributed by atoms with E-state index in [1.165, 1.54) is 19.2 Å². The van der Waals surface area contributed by atoms with Crippen LogP contribution in [0, 0.1) is 0 Å². The maximum atomic E-state index is 12.0. The molecule has 0 rings (SSSR count). The van der Waals surface area contributed by atoms with Crippen molar-refractivity contribution in [1.29, 1.82) is 0 Å². The van der Waals surface area contributed by atoms with Crippen LogP contribution in [0.5, 0.6) is 0 Å². The van der Waals surface area contributed by atoms with Gasteiger partial charge in [-0.05, 0) is 35.6 Å². The van der Waals surface area contributed by atoms with E-state index in [4.69, 9.17) is 0 Å². The third-order valence-electron chi connectivity index (χ3n) is 0.551. The molecule has 1 nitrogen and oxygen atoms in total. The van der Waals surface area contributed by atoms with Gasteiger partial charge in [0.05, 0.1) is 5.83 Å². The van der Waals surface area contributed by atoms with Gasteiger partial charge in [-0.1, -0.05) is 0 Å². The summed E-state index contributed by atoms with van der Waals surface area (Å²) in [5.41, 5.74) is 0. The molecule has 0 N–H and O–H groups in total. The van der Waals surface area contributed by atoms with Crippen LogP contribution >= 0.6 is 15.9 Å². The molecule has 0 fully saturated rings. The molecule has 3 heteroatoms. The smallest absolute Gasteiger partial charge is 0.0980 e. The molecule has 0 heterocycles. The molecule has 0 bridgehead atoms. The van der Waals surface area contributed by atoms with Crippen LogP contribution in [0.3, 0.4) is 0 Å². The van der Waals surface area contributed by atoms with Gasteiger partial charge in [-0.15, -0.1) is 0 Å². The molecule has 0 atom stereocenters. The number of halogens is 2. The highest BCUT2D eigenvalue weighted by atomic mass is 79.9. The third kappa shape index (κ3) is 5.43. The Bertz CT molecular complexity index is 156. The molecule has 0 aromatic heterocycles. The first kappa shape index (κ1) is 8.56. The van der Waals surface area contributed by atoms with Crippen LogP contribution in [0.2, 0.25) is 0 Å². The first-order chi connectivity index (χ1) is 4.16. The van der Waals surface area contributed by atoms with Crippen molar-refractivity contribution in [2.75, 3.05) is 0 Å². The summed E-state index contributed by atoms with van der Waals surface area (Å²) in [5, 5.41) is 0. The van der Waals surface area contributed by atoms with Crippen molar-refractivity contribution >= 4 is 22.6 Å². The maximum Gasteiger partial charge on any atom is 0.0980 e. The standard InChI is InChI=1S/C6H7BrFN/c1-5(8)3-6(7)4-9-2/h3-4H,2H2,1H3. The van der Waals surface area contributed by atoms with Gasteiger partial charge in [-0.25, -0.2) is 4.39 Å². The van der Waals surface area contributed by atoms with Crippen LogP contribution in [0.4, 0.5) is 4.39 Å². The largest absolute Gasteiger partial charge is 0.271 e. The predicted molar refractivity (Wildman–Crippen MR) is 41.4 cm³/mol. The zero-order chi connectivity index (χ0) is 7.28. The topological polar surface area (TPSA) is 12.4 Å². The fraction of sp³-hybridized carbons (Fsp3) is 0.167. The average molecular weight is 192 g/mol. The summed E-state index contributed by atoms with van der Waals surface area (Å²) in [6.45, 7) is 4.56. The van der Waals surface area contributed by atoms with Gasteiger partial charge in [-0.3, -0.25) is 4.99 Å². The summed E-state index contributed by atoms with van der Waals surface area (Å²) in [7, 11) is 0. The molecule has 0 aliphatic carbocycles. The van der Waals surface area contributed by atoms with E-state index in [1.54, 1.807) is 0 Å². The lowest BCUT2D eigenvalue weighted by Crippen LogP contribution is -1.62. The van der Waals surface area contributed by atoms with Crippen LogP contribution in [0.25, 0.3) is 0 Å². The first-order valence-corrected chi connectivity index (χ1v) is 3.11. The van der Waals surface area contributed by atoms with Crippen molar-refractivity contribution in [2.24, 2.45) is 4.99 Å². The Balaban J connectivity index is 4.05. The second kappa shape index (κ2) is 4.44. The highest BCUT2D eigenvalue weighted by Crippen LogP contribution is 2.09. The Hall–Kier alpha value is -0.440. The van der Waals surface area contributed by atoms with Crippen molar-refractivity contribution in [2.45, 2.75) is 6.92 Å². The molecule has 0 unspecified atom stereocenters. The Morgan fingerprint density at radius 3 is 2.67 bits per heavy atom. The molecule has 0 radical (unpaired) electrons. The van der Waals surface area contributed by atoms with Crippen LogP contribution in [0.15, 0.2) is 27.6 Å². The van der Waals surface area contributed by atoms with Gasteiger partial charge in [0.25, 0.3) is 0 Å². The molecule has 0 aromatic rings. The quantitative estimate of drug-likeness (QED) is 0.471. The van der Waals surface area contributed by atoms with Gasteiger partial charge >= 0.3 is 0 Å². The van der Waals surface area contributed by atoms with E-state index in [9.17, 15) is 4.39 Å². The minimum Gasteiger partial charge on any atom is -0.271 e. The Labute approximate surface area is 62.1 Å². The molecule has 0 aromatic carbocycles. The highest BCUT2D eigenvalue weighted by molar-refractivity contribution is 9.11. The summed E-state index contributed by atoms with van der Waals surface area (Å²) >= 11 is 3.05. The van der Waals surface area contributed by atoms with Crippen LogP contribution in [-0.2, 0) is 0 Å².